The number of hydrazone groups is 1. The predicted octanol–water partition coefficient (Wildman–Crippen LogP) is 4.83. The minimum Gasteiger partial charge on any atom is -0.277 e. The van der Waals surface area contributed by atoms with Gasteiger partial charge in [-0.2, -0.15) is 5.10 Å². The Kier molecular flexibility index (Phi) is 3.45. The molecule has 0 saturated carbocycles. The van der Waals surface area contributed by atoms with E-state index in [0.29, 0.717) is 0 Å². The van der Waals surface area contributed by atoms with Crippen LogP contribution in [0.5, 0.6) is 0 Å². The van der Waals surface area contributed by atoms with Gasteiger partial charge in [0.05, 0.1) is 22.9 Å². The zero-order valence-corrected chi connectivity index (χ0v) is 12.5. The van der Waals surface area contributed by atoms with Gasteiger partial charge in [-0.1, -0.05) is 66.7 Å². The topological polar surface area (TPSA) is 37.3 Å². The summed E-state index contributed by atoms with van der Waals surface area (Å²) in [6, 6.07) is 26.2. The van der Waals surface area contributed by atoms with Crippen LogP contribution in [0, 0.1) is 0 Å². The van der Waals surface area contributed by atoms with E-state index in [-0.39, 0.29) is 0 Å². The standard InChI is InChI=1S/C20H15N3/c1-2-8-15(9-3-1)14-21-23-20-16-10-4-6-12-18(16)22-19-13-7-5-11-17(19)20/h1-14H,(H,22,23)/b21-14-. The van der Waals surface area contributed by atoms with E-state index in [1.807, 2.05) is 72.9 Å². The van der Waals surface area contributed by atoms with E-state index >= 15 is 0 Å². The van der Waals surface area contributed by atoms with Gasteiger partial charge in [0.15, 0.2) is 0 Å². The summed E-state index contributed by atoms with van der Waals surface area (Å²) in [5.74, 6) is 0. The zero-order chi connectivity index (χ0) is 15.5. The Hall–Kier alpha value is -3.20. The Morgan fingerprint density at radius 1 is 0.696 bits per heavy atom. The molecule has 0 aliphatic heterocycles. The van der Waals surface area contributed by atoms with E-state index in [1.54, 1.807) is 0 Å². The predicted molar refractivity (Wildman–Crippen MR) is 96.9 cm³/mol. The molecule has 3 heteroatoms. The Morgan fingerprint density at radius 3 is 1.91 bits per heavy atom. The van der Waals surface area contributed by atoms with E-state index in [0.717, 1.165) is 33.1 Å². The van der Waals surface area contributed by atoms with Crippen LogP contribution in [0.4, 0.5) is 5.69 Å². The molecule has 0 unspecified atom stereocenters. The fraction of sp³-hybridized carbons (Fsp3) is 0. The van der Waals surface area contributed by atoms with E-state index in [2.05, 4.69) is 22.7 Å². The van der Waals surface area contributed by atoms with Gasteiger partial charge in [-0.3, -0.25) is 5.43 Å². The van der Waals surface area contributed by atoms with E-state index < -0.39 is 0 Å². The molecule has 1 N–H and O–H groups in total. The van der Waals surface area contributed by atoms with Crippen molar-refractivity contribution in [3.05, 3.63) is 84.4 Å². The van der Waals surface area contributed by atoms with Crippen molar-refractivity contribution in [3.8, 4) is 0 Å². The van der Waals surface area contributed by atoms with Crippen LogP contribution in [0.3, 0.4) is 0 Å². The van der Waals surface area contributed by atoms with Crippen LogP contribution in [-0.2, 0) is 0 Å². The summed E-state index contributed by atoms with van der Waals surface area (Å²) in [4.78, 5) is 4.71. The molecule has 1 heterocycles. The highest BCUT2D eigenvalue weighted by Crippen LogP contribution is 2.30. The van der Waals surface area contributed by atoms with Gasteiger partial charge < -0.3 is 0 Å². The Morgan fingerprint density at radius 2 is 1.26 bits per heavy atom. The number of anilines is 1. The number of para-hydroxylation sites is 2. The van der Waals surface area contributed by atoms with Gasteiger partial charge in [-0.05, 0) is 17.7 Å². The van der Waals surface area contributed by atoms with Crippen LogP contribution in [0.2, 0.25) is 0 Å². The lowest BCUT2D eigenvalue weighted by atomic mass is 10.1. The number of nitrogens with one attached hydrogen (secondary N) is 1. The molecule has 0 radical (unpaired) electrons. The van der Waals surface area contributed by atoms with Gasteiger partial charge in [0.25, 0.3) is 0 Å². The molecule has 0 saturated heterocycles. The molecule has 110 valence electrons. The van der Waals surface area contributed by atoms with Crippen LogP contribution in [-0.4, -0.2) is 11.2 Å². The second-order valence-electron chi connectivity index (χ2n) is 5.30. The summed E-state index contributed by atoms with van der Waals surface area (Å²) in [6.45, 7) is 0. The molecular formula is C20H15N3. The fourth-order valence-electron chi connectivity index (χ4n) is 2.67. The summed E-state index contributed by atoms with van der Waals surface area (Å²) in [6.07, 6.45) is 1.82. The summed E-state index contributed by atoms with van der Waals surface area (Å²) >= 11 is 0. The number of fused-ring (bicyclic) bond motifs is 2. The molecular weight excluding hydrogens is 282 g/mol. The Balaban J connectivity index is 1.81. The molecule has 0 spiro atoms. The first-order chi connectivity index (χ1) is 11.4. The molecule has 3 aromatic carbocycles. The maximum atomic E-state index is 4.71. The Bertz CT molecular complexity index is 937. The van der Waals surface area contributed by atoms with Gasteiger partial charge in [0.1, 0.15) is 0 Å². The Labute approximate surface area is 134 Å². The largest absolute Gasteiger partial charge is 0.277 e. The molecule has 0 fully saturated rings. The number of nitrogens with zero attached hydrogens (tertiary/aromatic N) is 2. The minimum absolute atomic E-state index is 0.962. The number of rotatable bonds is 3. The summed E-state index contributed by atoms with van der Waals surface area (Å²) in [5, 5.41) is 6.54. The van der Waals surface area contributed by atoms with Crippen molar-refractivity contribution in [2.75, 3.05) is 5.43 Å². The molecule has 4 rings (SSSR count). The number of benzene rings is 3. The van der Waals surface area contributed by atoms with Crippen LogP contribution in [0.25, 0.3) is 21.8 Å². The molecule has 3 nitrogen and oxygen atoms in total. The lowest BCUT2D eigenvalue weighted by molar-refractivity contribution is 1.36. The van der Waals surface area contributed by atoms with Crippen LogP contribution in [0.15, 0.2) is 84.0 Å². The highest BCUT2D eigenvalue weighted by atomic mass is 15.3. The molecule has 0 bridgehead atoms. The van der Waals surface area contributed by atoms with Crippen molar-refractivity contribution < 1.29 is 0 Å². The van der Waals surface area contributed by atoms with Crippen molar-refractivity contribution in [2.24, 2.45) is 5.10 Å². The number of hydrogen-bond donors (Lipinski definition) is 1. The van der Waals surface area contributed by atoms with E-state index in [1.165, 1.54) is 0 Å². The normalized spacial score (nSPS) is 11.3. The average Bonchev–Trinajstić information content (AvgIpc) is 2.62. The van der Waals surface area contributed by atoms with Gasteiger partial charge in [-0.25, -0.2) is 4.98 Å². The highest BCUT2D eigenvalue weighted by Gasteiger charge is 2.07. The maximum absolute atomic E-state index is 4.71. The first-order valence-electron chi connectivity index (χ1n) is 7.53. The lowest BCUT2D eigenvalue weighted by Crippen LogP contribution is -1.95. The van der Waals surface area contributed by atoms with Crippen molar-refractivity contribution >= 4 is 33.7 Å². The average molecular weight is 297 g/mol. The molecule has 23 heavy (non-hydrogen) atoms. The smallest absolute Gasteiger partial charge is 0.0749 e. The van der Waals surface area contributed by atoms with Crippen molar-refractivity contribution in [3.63, 3.8) is 0 Å². The second kappa shape index (κ2) is 5.89. The zero-order valence-electron chi connectivity index (χ0n) is 12.5. The maximum Gasteiger partial charge on any atom is 0.0749 e. The quantitative estimate of drug-likeness (QED) is 0.334. The molecule has 0 atom stereocenters. The van der Waals surface area contributed by atoms with Gasteiger partial charge in [-0.15, -0.1) is 0 Å². The van der Waals surface area contributed by atoms with Crippen LogP contribution in [0.1, 0.15) is 5.56 Å². The third kappa shape index (κ3) is 2.64. The first kappa shape index (κ1) is 13.5. The van der Waals surface area contributed by atoms with Crippen molar-refractivity contribution in [1.29, 1.82) is 0 Å². The van der Waals surface area contributed by atoms with Crippen LogP contribution < -0.4 is 5.43 Å². The summed E-state index contributed by atoms with van der Waals surface area (Å²) in [7, 11) is 0. The third-order valence-electron chi connectivity index (χ3n) is 3.78. The van der Waals surface area contributed by atoms with Gasteiger partial charge in [0, 0.05) is 10.8 Å². The van der Waals surface area contributed by atoms with E-state index in [9.17, 15) is 0 Å². The minimum atomic E-state index is 0.962. The SMILES string of the molecule is C(=N/Nc1c2ccccc2nc2ccccc12)/c1ccccc1. The van der Waals surface area contributed by atoms with E-state index in [4.69, 9.17) is 4.98 Å². The fourth-order valence-corrected chi connectivity index (χ4v) is 2.67. The van der Waals surface area contributed by atoms with Gasteiger partial charge in [0.2, 0.25) is 0 Å². The summed E-state index contributed by atoms with van der Waals surface area (Å²) in [5.41, 5.74) is 7.17. The highest BCUT2D eigenvalue weighted by molar-refractivity contribution is 6.07. The summed E-state index contributed by atoms with van der Waals surface area (Å²) < 4.78 is 0. The molecule has 0 aliphatic carbocycles. The molecule has 0 aliphatic rings. The lowest BCUT2D eigenvalue weighted by Gasteiger charge is -2.09. The monoisotopic (exact) mass is 297 g/mol. The van der Waals surface area contributed by atoms with Crippen LogP contribution >= 0.6 is 0 Å². The number of pyridine rings is 1. The molecule has 0 amide bonds. The van der Waals surface area contributed by atoms with Gasteiger partial charge >= 0.3 is 0 Å². The first-order valence-corrected chi connectivity index (χ1v) is 7.53. The number of aromatic nitrogens is 1. The molecule has 1 aromatic heterocycles. The number of hydrogen-bond acceptors (Lipinski definition) is 3. The van der Waals surface area contributed by atoms with Crippen molar-refractivity contribution in [2.45, 2.75) is 0 Å². The second-order valence-corrected chi connectivity index (χ2v) is 5.30. The molecule has 4 aromatic rings. The third-order valence-corrected chi connectivity index (χ3v) is 3.78. The van der Waals surface area contributed by atoms with Crippen molar-refractivity contribution in [1.82, 2.24) is 4.98 Å².